The molecule has 0 saturated heterocycles. The fraction of sp³-hybridized carbons (Fsp3) is 0.0556. The van der Waals surface area contributed by atoms with E-state index in [-0.39, 0.29) is 22.8 Å². The normalized spacial score (nSPS) is 12.0. The van der Waals surface area contributed by atoms with Crippen LogP contribution in [-0.4, -0.2) is 28.0 Å². The number of aromatic nitrogens is 1. The van der Waals surface area contributed by atoms with Crippen LogP contribution in [0.25, 0.3) is 28.1 Å². The molecule has 0 aliphatic carbocycles. The predicted octanol–water partition coefficient (Wildman–Crippen LogP) is 8.55. The first kappa shape index (κ1) is 31.0. The molecular formula is C36H28N4O3S3. The number of nitrogens with zero attached hydrogens (tertiary/aromatic N) is 1. The van der Waals surface area contributed by atoms with Crippen molar-refractivity contribution in [3.05, 3.63) is 136 Å². The fourth-order valence-electron chi connectivity index (χ4n) is 4.55. The zero-order valence-corrected chi connectivity index (χ0v) is 27.0. The summed E-state index contributed by atoms with van der Waals surface area (Å²) >= 11 is 4.26. The Morgan fingerprint density at radius 1 is 0.804 bits per heavy atom. The van der Waals surface area contributed by atoms with E-state index in [4.69, 9.17) is 0 Å². The second-order valence-corrected chi connectivity index (χ2v) is 13.5. The molecule has 3 amide bonds. The third-order valence-electron chi connectivity index (χ3n) is 6.93. The predicted molar refractivity (Wildman–Crippen MR) is 190 cm³/mol. The van der Waals surface area contributed by atoms with E-state index < -0.39 is 5.91 Å². The lowest BCUT2D eigenvalue weighted by atomic mass is 10.1. The number of amides is 3. The number of hydrogen-bond acceptors (Lipinski definition) is 7. The van der Waals surface area contributed by atoms with Gasteiger partial charge in [-0.2, -0.15) is 0 Å². The number of fused-ring (bicyclic) bond motifs is 1. The second-order valence-electron chi connectivity index (χ2n) is 10.2. The Bertz CT molecular complexity index is 2020. The first-order valence-electron chi connectivity index (χ1n) is 14.4. The summed E-state index contributed by atoms with van der Waals surface area (Å²) in [4.78, 5) is 45.3. The van der Waals surface area contributed by atoms with E-state index in [1.807, 2.05) is 66.2 Å². The van der Waals surface area contributed by atoms with Gasteiger partial charge >= 0.3 is 0 Å². The molecule has 0 aliphatic heterocycles. The molecule has 0 spiro atoms. The quantitative estimate of drug-likeness (QED) is 0.101. The van der Waals surface area contributed by atoms with Gasteiger partial charge in [-0.1, -0.05) is 60.7 Å². The van der Waals surface area contributed by atoms with Crippen LogP contribution in [0.1, 0.15) is 22.2 Å². The number of rotatable bonds is 10. The standard InChI is InChI=1S/C36H28N4O3S3/c1-23(33(41)40-36-39-32(22-45-36)27-14-13-24-8-5-6-11-26(24)20-27)46-29-17-15-28(16-18-29)37-35(43)31(21-30-12-7-19-44-30)38-34(42)25-9-3-2-4-10-25/h2-23H,1H3,(H,37,43)(H,38,42)(H,39,40,41)/b31-21-. The molecule has 0 bridgehead atoms. The van der Waals surface area contributed by atoms with Crippen molar-refractivity contribution in [1.82, 2.24) is 10.3 Å². The van der Waals surface area contributed by atoms with Crippen molar-refractivity contribution < 1.29 is 14.4 Å². The Morgan fingerprint density at radius 2 is 1.57 bits per heavy atom. The van der Waals surface area contributed by atoms with Gasteiger partial charge in [-0.15, -0.1) is 34.4 Å². The number of anilines is 2. The third-order valence-corrected chi connectivity index (χ3v) is 9.62. The molecule has 6 aromatic rings. The zero-order valence-electron chi connectivity index (χ0n) is 24.6. The van der Waals surface area contributed by atoms with Gasteiger partial charge in [0.15, 0.2) is 5.13 Å². The van der Waals surface area contributed by atoms with Crippen LogP contribution in [0, 0.1) is 0 Å². The zero-order chi connectivity index (χ0) is 31.9. The number of thioether (sulfide) groups is 1. The maximum atomic E-state index is 13.2. The maximum Gasteiger partial charge on any atom is 0.272 e. The van der Waals surface area contributed by atoms with E-state index in [0.717, 1.165) is 26.4 Å². The molecule has 7 nitrogen and oxygen atoms in total. The van der Waals surface area contributed by atoms with Gasteiger partial charge in [0.25, 0.3) is 11.8 Å². The number of carbonyl (C=O) groups excluding carboxylic acids is 3. The minimum atomic E-state index is -0.447. The van der Waals surface area contributed by atoms with E-state index >= 15 is 0 Å². The van der Waals surface area contributed by atoms with Crippen molar-refractivity contribution in [3.8, 4) is 11.3 Å². The smallest absolute Gasteiger partial charge is 0.272 e. The average molecular weight is 661 g/mol. The van der Waals surface area contributed by atoms with Crippen LogP contribution in [0.15, 0.2) is 131 Å². The van der Waals surface area contributed by atoms with Crippen molar-refractivity contribution >= 4 is 79.8 Å². The van der Waals surface area contributed by atoms with E-state index in [2.05, 4.69) is 45.2 Å². The van der Waals surface area contributed by atoms with Gasteiger partial charge in [0.05, 0.1) is 10.9 Å². The van der Waals surface area contributed by atoms with E-state index in [0.29, 0.717) is 16.4 Å². The summed E-state index contributed by atoms with van der Waals surface area (Å²) in [5.41, 5.74) is 2.95. The van der Waals surface area contributed by atoms with E-state index in [1.54, 1.807) is 42.5 Å². The van der Waals surface area contributed by atoms with Gasteiger partial charge in [-0.25, -0.2) is 4.98 Å². The SMILES string of the molecule is CC(Sc1ccc(NC(=O)/C(=C/c2cccs2)NC(=O)c2ccccc2)cc1)C(=O)Nc1nc(-c2ccc3ccccc3c2)cs1. The molecule has 0 fully saturated rings. The molecule has 0 saturated carbocycles. The number of nitrogens with one attached hydrogen (secondary N) is 3. The lowest BCUT2D eigenvalue weighted by Gasteiger charge is -2.13. The highest BCUT2D eigenvalue weighted by atomic mass is 32.2. The summed E-state index contributed by atoms with van der Waals surface area (Å²) in [5, 5.41) is 14.8. The molecule has 0 aliphatic rings. The van der Waals surface area contributed by atoms with Gasteiger partial charge in [-0.05, 0) is 77.7 Å². The monoisotopic (exact) mass is 660 g/mol. The third kappa shape index (κ3) is 7.78. The molecule has 228 valence electrons. The molecule has 10 heteroatoms. The number of benzene rings is 4. The summed E-state index contributed by atoms with van der Waals surface area (Å²) in [6.07, 6.45) is 1.65. The summed E-state index contributed by atoms with van der Waals surface area (Å²) in [7, 11) is 0. The highest BCUT2D eigenvalue weighted by Crippen LogP contribution is 2.30. The number of thiophene rings is 1. The fourth-order valence-corrected chi connectivity index (χ4v) is 6.80. The first-order chi connectivity index (χ1) is 22.4. The van der Waals surface area contributed by atoms with Crippen LogP contribution in [0.3, 0.4) is 0 Å². The van der Waals surface area contributed by atoms with Gasteiger partial charge < -0.3 is 16.0 Å². The largest absolute Gasteiger partial charge is 0.321 e. The van der Waals surface area contributed by atoms with Crippen molar-refractivity contribution in [3.63, 3.8) is 0 Å². The molecule has 4 aromatic carbocycles. The highest BCUT2D eigenvalue weighted by molar-refractivity contribution is 8.00. The number of hydrogen-bond donors (Lipinski definition) is 3. The summed E-state index contributed by atoms with van der Waals surface area (Å²) < 4.78 is 0. The molecule has 1 atom stereocenters. The van der Waals surface area contributed by atoms with Gasteiger partial charge in [0, 0.05) is 32.0 Å². The molecule has 3 N–H and O–H groups in total. The Hall–Kier alpha value is -5.03. The highest BCUT2D eigenvalue weighted by Gasteiger charge is 2.18. The van der Waals surface area contributed by atoms with Crippen LogP contribution in [0.4, 0.5) is 10.8 Å². The van der Waals surface area contributed by atoms with Crippen LogP contribution >= 0.6 is 34.4 Å². The van der Waals surface area contributed by atoms with Gasteiger partial charge in [-0.3, -0.25) is 14.4 Å². The van der Waals surface area contributed by atoms with Gasteiger partial charge in [0.1, 0.15) is 5.70 Å². The topological polar surface area (TPSA) is 100 Å². The van der Waals surface area contributed by atoms with Gasteiger partial charge in [0.2, 0.25) is 5.91 Å². The van der Waals surface area contributed by atoms with Crippen LogP contribution < -0.4 is 16.0 Å². The number of carbonyl (C=O) groups is 3. The second kappa shape index (κ2) is 14.4. The summed E-state index contributed by atoms with van der Waals surface area (Å²) in [6.45, 7) is 1.84. The van der Waals surface area contributed by atoms with Crippen LogP contribution in [0.5, 0.6) is 0 Å². The molecule has 2 aromatic heterocycles. The molecule has 0 radical (unpaired) electrons. The van der Waals surface area contributed by atoms with E-state index in [1.165, 1.54) is 39.8 Å². The maximum absolute atomic E-state index is 13.2. The molecule has 46 heavy (non-hydrogen) atoms. The minimum Gasteiger partial charge on any atom is -0.321 e. The Balaban J connectivity index is 1.06. The van der Waals surface area contributed by atoms with Crippen molar-refractivity contribution in [2.24, 2.45) is 0 Å². The van der Waals surface area contributed by atoms with Crippen molar-refractivity contribution in [2.45, 2.75) is 17.1 Å². The molecule has 2 heterocycles. The molecule has 1 unspecified atom stereocenters. The van der Waals surface area contributed by atoms with Crippen LogP contribution in [0.2, 0.25) is 0 Å². The van der Waals surface area contributed by atoms with Crippen molar-refractivity contribution in [2.75, 3.05) is 10.6 Å². The van der Waals surface area contributed by atoms with E-state index in [9.17, 15) is 14.4 Å². The number of thiazole rings is 1. The average Bonchev–Trinajstić information content (AvgIpc) is 3.78. The molecular weight excluding hydrogens is 633 g/mol. The van der Waals surface area contributed by atoms with Crippen LogP contribution in [-0.2, 0) is 9.59 Å². The Labute approximate surface area is 278 Å². The summed E-state index contributed by atoms with van der Waals surface area (Å²) in [6, 6.07) is 34.1. The molecule has 6 rings (SSSR count). The summed E-state index contributed by atoms with van der Waals surface area (Å²) in [5.74, 6) is -0.975. The first-order valence-corrected chi connectivity index (χ1v) is 17.0. The lowest BCUT2D eigenvalue weighted by Crippen LogP contribution is -2.30. The Kier molecular flexibility index (Phi) is 9.68. The Morgan fingerprint density at radius 3 is 2.33 bits per heavy atom. The van der Waals surface area contributed by atoms with Crippen molar-refractivity contribution in [1.29, 1.82) is 0 Å². The lowest BCUT2D eigenvalue weighted by molar-refractivity contribution is -0.115. The minimum absolute atomic E-state index is 0.131.